The van der Waals surface area contributed by atoms with Crippen LogP contribution in [-0.4, -0.2) is 50.7 Å². The maximum atomic E-state index is 12.0. The molecule has 3 fully saturated rings. The summed E-state index contributed by atoms with van der Waals surface area (Å²) in [6, 6.07) is 0. The maximum absolute atomic E-state index is 12.0. The van der Waals surface area contributed by atoms with Crippen molar-refractivity contribution in [3.63, 3.8) is 0 Å². The number of amides is 1. The van der Waals surface area contributed by atoms with Crippen molar-refractivity contribution >= 4 is 5.91 Å². The number of rotatable bonds is 4. The first kappa shape index (κ1) is 15.3. The van der Waals surface area contributed by atoms with Crippen LogP contribution in [0.1, 0.15) is 44.9 Å². The van der Waals surface area contributed by atoms with Crippen molar-refractivity contribution in [3.8, 4) is 0 Å². The zero-order chi connectivity index (χ0) is 14.7. The van der Waals surface area contributed by atoms with Crippen molar-refractivity contribution in [2.45, 2.75) is 44.9 Å². The molecule has 3 rings (SSSR count). The second-order valence-corrected chi connectivity index (χ2v) is 7.39. The van der Waals surface area contributed by atoms with Crippen LogP contribution in [-0.2, 0) is 9.53 Å². The molecule has 4 nitrogen and oxygen atoms in total. The summed E-state index contributed by atoms with van der Waals surface area (Å²) >= 11 is 0. The van der Waals surface area contributed by atoms with Gasteiger partial charge >= 0.3 is 0 Å². The molecular formula is C17H30N2O2. The molecule has 1 N–H and O–H groups in total. The van der Waals surface area contributed by atoms with Crippen molar-refractivity contribution in [3.05, 3.63) is 0 Å². The van der Waals surface area contributed by atoms with E-state index in [0.29, 0.717) is 6.61 Å². The second-order valence-electron chi connectivity index (χ2n) is 7.39. The molecular weight excluding hydrogens is 264 g/mol. The number of likely N-dealkylation sites (tertiary alicyclic amines) is 1. The van der Waals surface area contributed by atoms with Crippen LogP contribution in [0.4, 0.5) is 0 Å². The van der Waals surface area contributed by atoms with Gasteiger partial charge < -0.3 is 15.0 Å². The van der Waals surface area contributed by atoms with Gasteiger partial charge in [0, 0.05) is 25.6 Å². The Morgan fingerprint density at radius 2 is 1.95 bits per heavy atom. The molecule has 0 aromatic heterocycles. The third-order valence-corrected chi connectivity index (χ3v) is 6.10. The molecule has 0 aromatic rings. The van der Waals surface area contributed by atoms with Crippen molar-refractivity contribution < 1.29 is 9.53 Å². The Kier molecular flexibility index (Phi) is 4.85. The molecule has 0 bridgehead atoms. The van der Waals surface area contributed by atoms with Gasteiger partial charge in [-0.3, -0.25) is 4.79 Å². The Morgan fingerprint density at radius 3 is 2.62 bits per heavy atom. The Labute approximate surface area is 128 Å². The van der Waals surface area contributed by atoms with Gasteiger partial charge in [0.2, 0.25) is 5.91 Å². The van der Waals surface area contributed by atoms with Gasteiger partial charge in [0.25, 0.3) is 0 Å². The van der Waals surface area contributed by atoms with Crippen molar-refractivity contribution in [1.82, 2.24) is 10.2 Å². The number of hydrogen-bond donors (Lipinski definition) is 1. The molecule has 3 aliphatic rings. The fraction of sp³-hybridized carbons (Fsp3) is 0.941. The Bertz CT molecular complexity index is 358. The van der Waals surface area contributed by atoms with E-state index in [-0.39, 0.29) is 17.2 Å². The van der Waals surface area contributed by atoms with Crippen molar-refractivity contribution in [1.29, 1.82) is 0 Å². The van der Waals surface area contributed by atoms with Crippen LogP contribution < -0.4 is 5.32 Å². The van der Waals surface area contributed by atoms with E-state index in [1.54, 1.807) is 7.11 Å². The summed E-state index contributed by atoms with van der Waals surface area (Å²) in [7, 11) is 1.71. The highest BCUT2D eigenvalue weighted by molar-refractivity contribution is 5.82. The molecule has 1 atom stereocenters. The largest absolute Gasteiger partial charge is 0.384 e. The van der Waals surface area contributed by atoms with E-state index in [1.807, 2.05) is 0 Å². The predicted octanol–water partition coefficient (Wildman–Crippen LogP) is 2.04. The van der Waals surface area contributed by atoms with Gasteiger partial charge in [-0.2, -0.15) is 0 Å². The predicted molar refractivity (Wildman–Crippen MR) is 83.1 cm³/mol. The number of methoxy groups -OCH3 is 1. The fourth-order valence-corrected chi connectivity index (χ4v) is 4.65. The van der Waals surface area contributed by atoms with Crippen LogP contribution in [0.2, 0.25) is 0 Å². The monoisotopic (exact) mass is 294 g/mol. The topological polar surface area (TPSA) is 41.6 Å². The zero-order valence-electron chi connectivity index (χ0n) is 13.4. The summed E-state index contributed by atoms with van der Waals surface area (Å²) in [6.07, 6.45) is 9.43. The lowest BCUT2D eigenvalue weighted by Gasteiger charge is -2.42. The van der Waals surface area contributed by atoms with Gasteiger partial charge in [-0.05, 0) is 44.7 Å². The van der Waals surface area contributed by atoms with Gasteiger partial charge in [-0.1, -0.05) is 19.3 Å². The minimum absolute atomic E-state index is 0.0688. The summed E-state index contributed by atoms with van der Waals surface area (Å²) in [5, 5.41) is 3.07. The smallest absolute Gasteiger partial charge is 0.226 e. The molecule has 1 spiro atoms. The maximum Gasteiger partial charge on any atom is 0.226 e. The second kappa shape index (κ2) is 6.66. The zero-order valence-corrected chi connectivity index (χ0v) is 13.4. The van der Waals surface area contributed by atoms with Gasteiger partial charge in [0.05, 0.1) is 12.5 Å². The number of piperidine rings is 1. The summed E-state index contributed by atoms with van der Waals surface area (Å²) in [5.74, 6) is 1.20. The molecule has 0 aromatic carbocycles. The van der Waals surface area contributed by atoms with E-state index in [1.165, 1.54) is 38.6 Å². The summed E-state index contributed by atoms with van der Waals surface area (Å²) < 4.78 is 5.30. The molecule has 1 amide bonds. The quantitative estimate of drug-likeness (QED) is 0.863. The lowest BCUT2D eigenvalue weighted by molar-refractivity contribution is -0.126. The average molecular weight is 294 g/mol. The summed E-state index contributed by atoms with van der Waals surface area (Å²) in [5.41, 5.74) is 0.163. The van der Waals surface area contributed by atoms with E-state index in [4.69, 9.17) is 4.74 Å². The molecule has 2 heterocycles. The van der Waals surface area contributed by atoms with Gasteiger partial charge in [-0.15, -0.1) is 0 Å². The van der Waals surface area contributed by atoms with Gasteiger partial charge in [0.1, 0.15) is 0 Å². The molecule has 1 saturated carbocycles. The average Bonchev–Trinajstić information content (AvgIpc) is 2.81. The molecule has 1 aliphatic carbocycles. The SMILES string of the molecule is COCC1C(=O)NCC12CCN(CC1CCCCC1)CC2. The van der Waals surface area contributed by atoms with Crippen LogP contribution in [0.15, 0.2) is 0 Å². The van der Waals surface area contributed by atoms with Crippen LogP contribution in [0, 0.1) is 17.3 Å². The Hall–Kier alpha value is -0.610. The molecule has 120 valence electrons. The van der Waals surface area contributed by atoms with E-state index in [2.05, 4.69) is 10.2 Å². The minimum atomic E-state index is 0.0688. The molecule has 2 saturated heterocycles. The molecule has 21 heavy (non-hydrogen) atoms. The third-order valence-electron chi connectivity index (χ3n) is 6.10. The standard InChI is InChI=1S/C17H30N2O2/c1-21-12-15-16(20)18-13-17(15)7-9-19(10-8-17)11-14-5-3-2-4-6-14/h14-15H,2-13H2,1H3,(H,18,20). The van der Waals surface area contributed by atoms with Gasteiger partial charge in [0.15, 0.2) is 0 Å². The normalized spacial score (nSPS) is 30.7. The molecule has 2 aliphatic heterocycles. The summed E-state index contributed by atoms with van der Waals surface area (Å²) in [4.78, 5) is 14.7. The number of nitrogens with one attached hydrogen (secondary N) is 1. The first-order valence-electron chi connectivity index (χ1n) is 8.72. The highest BCUT2D eigenvalue weighted by atomic mass is 16.5. The van der Waals surface area contributed by atoms with Crippen LogP contribution >= 0.6 is 0 Å². The van der Waals surface area contributed by atoms with E-state index in [9.17, 15) is 4.79 Å². The van der Waals surface area contributed by atoms with Crippen LogP contribution in [0.25, 0.3) is 0 Å². The van der Waals surface area contributed by atoms with Crippen molar-refractivity contribution in [2.75, 3.05) is 39.9 Å². The number of carbonyl (C=O) groups excluding carboxylic acids is 1. The number of ether oxygens (including phenoxy) is 1. The van der Waals surface area contributed by atoms with Crippen molar-refractivity contribution in [2.24, 2.45) is 17.3 Å². The van der Waals surface area contributed by atoms with E-state index >= 15 is 0 Å². The number of hydrogen-bond acceptors (Lipinski definition) is 3. The Balaban J connectivity index is 1.53. The Morgan fingerprint density at radius 1 is 1.24 bits per heavy atom. The van der Waals surface area contributed by atoms with Gasteiger partial charge in [-0.25, -0.2) is 0 Å². The van der Waals surface area contributed by atoms with E-state index in [0.717, 1.165) is 38.4 Å². The minimum Gasteiger partial charge on any atom is -0.384 e. The lowest BCUT2D eigenvalue weighted by Crippen LogP contribution is -2.46. The fourth-order valence-electron chi connectivity index (χ4n) is 4.65. The highest BCUT2D eigenvalue weighted by Crippen LogP contribution is 2.42. The number of carbonyl (C=O) groups is 1. The third kappa shape index (κ3) is 3.26. The molecule has 0 radical (unpaired) electrons. The number of nitrogens with zero attached hydrogens (tertiary/aromatic N) is 1. The lowest BCUT2D eigenvalue weighted by atomic mass is 9.70. The molecule has 1 unspecified atom stereocenters. The summed E-state index contributed by atoms with van der Waals surface area (Å²) in [6.45, 7) is 5.04. The van der Waals surface area contributed by atoms with E-state index < -0.39 is 0 Å². The molecule has 4 heteroatoms. The first-order valence-corrected chi connectivity index (χ1v) is 8.72. The van der Waals surface area contributed by atoms with Crippen LogP contribution in [0.3, 0.4) is 0 Å². The van der Waals surface area contributed by atoms with Crippen LogP contribution in [0.5, 0.6) is 0 Å². The first-order chi connectivity index (χ1) is 10.2. The highest BCUT2D eigenvalue weighted by Gasteiger charge is 2.49.